The molecule has 0 aliphatic carbocycles. The number of aliphatic hydroxyl groups excluding tert-OH is 1. The van der Waals surface area contributed by atoms with Crippen molar-refractivity contribution in [2.24, 2.45) is 0 Å². The van der Waals surface area contributed by atoms with Crippen LogP contribution in [-0.4, -0.2) is 21.5 Å². The van der Waals surface area contributed by atoms with Gasteiger partial charge in [-0.3, -0.25) is 0 Å². The van der Waals surface area contributed by atoms with Crippen molar-refractivity contribution in [1.82, 2.24) is 9.55 Å². The molecule has 0 fully saturated rings. The third kappa shape index (κ3) is 2.29. The van der Waals surface area contributed by atoms with Gasteiger partial charge in [-0.1, -0.05) is 6.92 Å². The zero-order chi connectivity index (χ0) is 14.1. The van der Waals surface area contributed by atoms with Gasteiger partial charge in [0.05, 0.1) is 4.47 Å². The van der Waals surface area contributed by atoms with Crippen LogP contribution in [0.4, 0.5) is 0 Å². The number of imidazole rings is 1. The predicted octanol–water partition coefficient (Wildman–Crippen LogP) is 2.87. The number of ether oxygens (including phenoxy) is 2. The quantitative estimate of drug-likeness (QED) is 0.931. The standard InChI is InChI=1S/C14H15BrN2O3/c1-2-4-17-5-3-16-14(17)12(18)9-6-10(15)13-11(7-9)19-8-20-13/h3,5-7,12,18H,2,4,8H2,1H3. The van der Waals surface area contributed by atoms with Crippen LogP contribution in [0.25, 0.3) is 0 Å². The molecular weight excluding hydrogens is 324 g/mol. The number of hydrogen-bond donors (Lipinski definition) is 1. The van der Waals surface area contributed by atoms with Gasteiger partial charge in [0.1, 0.15) is 11.9 Å². The van der Waals surface area contributed by atoms with Crippen LogP contribution < -0.4 is 9.47 Å². The Morgan fingerprint density at radius 3 is 3.10 bits per heavy atom. The molecule has 1 atom stereocenters. The Morgan fingerprint density at radius 2 is 2.30 bits per heavy atom. The molecule has 0 spiro atoms. The van der Waals surface area contributed by atoms with E-state index < -0.39 is 6.10 Å². The van der Waals surface area contributed by atoms with Crippen LogP contribution >= 0.6 is 15.9 Å². The first-order valence-corrected chi connectivity index (χ1v) is 7.28. The van der Waals surface area contributed by atoms with E-state index in [2.05, 4.69) is 27.8 Å². The molecule has 3 rings (SSSR count). The minimum absolute atomic E-state index is 0.206. The summed E-state index contributed by atoms with van der Waals surface area (Å²) in [6.07, 6.45) is 3.78. The zero-order valence-electron chi connectivity index (χ0n) is 11.0. The molecular formula is C14H15BrN2O3. The van der Waals surface area contributed by atoms with Gasteiger partial charge in [-0.05, 0) is 40.0 Å². The van der Waals surface area contributed by atoms with Gasteiger partial charge in [-0.15, -0.1) is 0 Å². The summed E-state index contributed by atoms with van der Waals surface area (Å²) >= 11 is 3.44. The van der Waals surface area contributed by atoms with E-state index in [1.165, 1.54) is 0 Å². The molecule has 1 aromatic heterocycles. The SMILES string of the molecule is CCCn1ccnc1C(O)c1cc(Br)c2c(c1)OCO2. The predicted molar refractivity (Wildman–Crippen MR) is 76.8 cm³/mol. The van der Waals surface area contributed by atoms with E-state index in [1.807, 2.05) is 16.8 Å². The number of fused-ring (bicyclic) bond motifs is 1. The molecule has 0 saturated carbocycles. The molecule has 0 saturated heterocycles. The average Bonchev–Trinajstić information content (AvgIpc) is 3.07. The Morgan fingerprint density at radius 1 is 1.45 bits per heavy atom. The summed E-state index contributed by atoms with van der Waals surface area (Å²) in [4.78, 5) is 4.26. The third-order valence-electron chi connectivity index (χ3n) is 3.22. The summed E-state index contributed by atoms with van der Waals surface area (Å²) in [5, 5.41) is 10.5. The lowest BCUT2D eigenvalue weighted by molar-refractivity contribution is 0.173. The molecule has 5 nitrogen and oxygen atoms in total. The fourth-order valence-corrected chi connectivity index (χ4v) is 2.87. The van der Waals surface area contributed by atoms with Crippen molar-refractivity contribution in [3.05, 3.63) is 40.4 Å². The van der Waals surface area contributed by atoms with Crippen molar-refractivity contribution in [1.29, 1.82) is 0 Å². The first-order chi connectivity index (χ1) is 9.70. The van der Waals surface area contributed by atoms with Gasteiger partial charge in [-0.2, -0.15) is 0 Å². The Hall–Kier alpha value is -1.53. The van der Waals surface area contributed by atoms with Crippen molar-refractivity contribution in [3.8, 4) is 11.5 Å². The summed E-state index contributed by atoms with van der Waals surface area (Å²) in [6, 6.07) is 3.63. The topological polar surface area (TPSA) is 56.5 Å². The molecule has 1 aromatic carbocycles. The second-order valence-corrected chi connectivity index (χ2v) is 5.47. The van der Waals surface area contributed by atoms with Crippen LogP contribution in [0.1, 0.15) is 30.8 Å². The molecule has 0 bridgehead atoms. The number of hydrogen-bond acceptors (Lipinski definition) is 4. The number of benzene rings is 1. The van der Waals surface area contributed by atoms with E-state index in [0.717, 1.165) is 23.0 Å². The highest BCUT2D eigenvalue weighted by atomic mass is 79.9. The maximum atomic E-state index is 10.5. The molecule has 106 valence electrons. The zero-order valence-corrected chi connectivity index (χ0v) is 12.6. The van der Waals surface area contributed by atoms with Gasteiger partial charge in [0, 0.05) is 18.9 Å². The lowest BCUT2D eigenvalue weighted by atomic mass is 10.1. The monoisotopic (exact) mass is 338 g/mol. The van der Waals surface area contributed by atoms with E-state index >= 15 is 0 Å². The highest BCUT2D eigenvalue weighted by molar-refractivity contribution is 9.10. The molecule has 1 unspecified atom stereocenters. The molecule has 0 radical (unpaired) electrons. The average molecular weight is 339 g/mol. The van der Waals surface area contributed by atoms with Gasteiger partial charge >= 0.3 is 0 Å². The fraction of sp³-hybridized carbons (Fsp3) is 0.357. The van der Waals surface area contributed by atoms with Crippen LogP contribution in [0.2, 0.25) is 0 Å². The molecule has 1 aliphatic heterocycles. The first-order valence-electron chi connectivity index (χ1n) is 6.49. The van der Waals surface area contributed by atoms with Gasteiger partial charge in [0.2, 0.25) is 6.79 Å². The van der Waals surface area contributed by atoms with Crippen LogP contribution in [-0.2, 0) is 6.54 Å². The minimum atomic E-state index is -0.789. The minimum Gasteiger partial charge on any atom is -0.454 e. The van der Waals surface area contributed by atoms with Gasteiger partial charge < -0.3 is 19.1 Å². The van der Waals surface area contributed by atoms with Crippen LogP contribution in [0.3, 0.4) is 0 Å². The lowest BCUT2D eigenvalue weighted by Crippen LogP contribution is -2.09. The van der Waals surface area contributed by atoms with Crippen molar-refractivity contribution < 1.29 is 14.6 Å². The Kier molecular flexibility index (Phi) is 3.67. The largest absolute Gasteiger partial charge is 0.454 e. The van der Waals surface area contributed by atoms with Crippen molar-refractivity contribution in [2.75, 3.05) is 6.79 Å². The third-order valence-corrected chi connectivity index (χ3v) is 3.81. The number of aromatic nitrogens is 2. The van der Waals surface area contributed by atoms with Crippen LogP contribution in [0, 0.1) is 0 Å². The maximum Gasteiger partial charge on any atom is 0.231 e. The van der Waals surface area contributed by atoms with Gasteiger partial charge in [0.15, 0.2) is 11.5 Å². The van der Waals surface area contributed by atoms with Crippen molar-refractivity contribution >= 4 is 15.9 Å². The van der Waals surface area contributed by atoms with E-state index in [0.29, 0.717) is 17.3 Å². The number of aliphatic hydroxyl groups is 1. The van der Waals surface area contributed by atoms with E-state index in [4.69, 9.17) is 9.47 Å². The van der Waals surface area contributed by atoms with E-state index in [-0.39, 0.29) is 6.79 Å². The van der Waals surface area contributed by atoms with Crippen LogP contribution in [0.15, 0.2) is 29.0 Å². The number of nitrogens with zero attached hydrogens (tertiary/aromatic N) is 2. The Bertz CT molecular complexity index is 627. The number of rotatable bonds is 4. The van der Waals surface area contributed by atoms with Crippen LogP contribution in [0.5, 0.6) is 11.5 Å². The summed E-state index contributed by atoms with van der Waals surface area (Å²) in [7, 11) is 0. The summed E-state index contributed by atoms with van der Waals surface area (Å²) in [6.45, 7) is 3.13. The maximum absolute atomic E-state index is 10.5. The lowest BCUT2D eigenvalue weighted by Gasteiger charge is -2.14. The number of halogens is 1. The molecule has 6 heteroatoms. The number of aryl methyl sites for hydroxylation is 1. The Labute approximate surface area is 125 Å². The molecule has 1 N–H and O–H groups in total. The second-order valence-electron chi connectivity index (χ2n) is 4.62. The summed E-state index contributed by atoms with van der Waals surface area (Å²) in [5.41, 5.74) is 0.727. The van der Waals surface area contributed by atoms with Crippen molar-refractivity contribution in [3.63, 3.8) is 0 Å². The van der Waals surface area contributed by atoms with E-state index in [1.54, 1.807) is 12.3 Å². The normalized spacial score (nSPS) is 14.6. The highest BCUT2D eigenvalue weighted by Crippen LogP contribution is 2.41. The Balaban J connectivity index is 1.96. The summed E-state index contributed by atoms with van der Waals surface area (Å²) < 4.78 is 13.5. The molecule has 2 aromatic rings. The highest BCUT2D eigenvalue weighted by Gasteiger charge is 2.23. The van der Waals surface area contributed by atoms with E-state index in [9.17, 15) is 5.11 Å². The van der Waals surface area contributed by atoms with Gasteiger partial charge in [-0.25, -0.2) is 4.98 Å². The first kappa shape index (κ1) is 13.5. The molecule has 1 aliphatic rings. The fourth-order valence-electron chi connectivity index (χ4n) is 2.29. The summed E-state index contributed by atoms with van der Waals surface area (Å²) in [5.74, 6) is 1.96. The second kappa shape index (κ2) is 5.46. The van der Waals surface area contributed by atoms with Crippen molar-refractivity contribution in [2.45, 2.75) is 26.0 Å². The smallest absolute Gasteiger partial charge is 0.231 e. The molecule has 2 heterocycles. The molecule has 20 heavy (non-hydrogen) atoms. The molecule has 0 amide bonds. The van der Waals surface area contributed by atoms with Gasteiger partial charge in [0.25, 0.3) is 0 Å².